The van der Waals surface area contributed by atoms with Gasteiger partial charge in [0.15, 0.2) is 0 Å². The van der Waals surface area contributed by atoms with E-state index in [-0.39, 0.29) is 11.9 Å². The number of hydrogen-bond acceptors (Lipinski definition) is 2. The molecule has 0 aliphatic carbocycles. The minimum atomic E-state index is -0.399. The highest BCUT2D eigenvalue weighted by atomic mass is 19.1. The van der Waals surface area contributed by atoms with Gasteiger partial charge in [0.25, 0.3) is 0 Å². The molecule has 0 amide bonds. The molecule has 18 heavy (non-hydrogen) atoms. The van der Waals surface area contributed by atoms with Crippen LogP contribution in [-0.4, -0.2) is 19.3 Å². The number of nitrogens with one attached hydrogen (secondary N) is 1. The van der Waals surface area contributed by atoms with Crippen molar-refractivity contribution in [3.8, 4) is 0 Å². The molecule has 4 heteroatoms. The SMILES string of the molecule is CC(NC1CCCOCC1)c1cc(F)ccc1F. The first-order chi connectivity index (χ1) is 8.66. The van der Waals surface area contributed by atoms with Crippen LogP contribution in [-0.2, 0) is 4.74 Å². The zero-order chi connectivity index (χ0) is 13.0. The summed E-state index contributed by atoms with van der Waals surface area (Å²) in [6.45, 7) is 3.39. The molecule has 1 heterocycles. The van der Waals surface area contributed by atoms with Gasteiger partial charge in [-0.15, -0.1) is 0 Å². The Morgan fingerprint density at radius 3 is 2.94 bits per heavy atom. The topological polar surface area (TPSA) is 21.3 Å². The minimum Gasteiger partial charge on any atom is -0.381 e. The maximum absolute atomic E-state index is 13.6. The molecule has 2 nitrogen and oxygen atoms in total. The summed E-state index contributed by atoms with van der Waals surface area (Å²) in [6.07, 6.45) is 2.94. The monoisotopic (exact) mass is 255 g/mol. The zero-order valence-electron chi connectivity index (χ0n) is 10.6. The Morgan fingerprint density at radius 1 is 1.28 bits per heavy atom. The normalized spacial score (nSPS) is 22.5. The van der Waals surface area contributed by atoms with E-state index in [2.05, 4.69) is 5.32 Å². The summed E-state index contributed by atoms with van der Waals surface area (Å²) in [5, 5.41) is 3.36. The highest BCUT2D eigenvalue weighted by Crippen LogP contribution is 2.20. The van der Waals surface area contributed by atoms with Gasteiger partial charge in [-0.2, -0.15) is 0 Å². The van der Waals surface area contributed by atoms with Crippen molar-refractivity contribution in [1.82, 2.24) is 5.32 Å². The fourth-order valence-corrected chi connectivity index (χ4v) is 2.36. The number of halogens is 2. The van der Waals surface area contributed by atoms with E-state index in [4.69, 9.17) is 4.74 Å². The lowest BCUT2D eigenvalue weighted by atomic mass is 10.0. The molecule has 0 aromatic heterocycles. The van der Waals surface area contributed by atoms with Crippen molar-refractivity contribution in [1.29, 1.82) is 0 Å². The Kier molecular flexibility index (Phi) is 4.66. The van der Waals surface area contributed by atoms with Gasteiger partial charge in [0.1, 0.15) is 11.6 Å². The van der Waals surface area contributed by atoms with Crippen LogP contribution in [0.15, 0.2) is 18.2 Å². The molecule has 2 atom stereocenters. The van der Waals surface area contributed by atoms with Crippen LogP contribution in [0.25, 0.3) is 0 Å². The van der Waals surface area contributed by atoms with E-state index in [0.29, 0.717) is 11.6 Å². The molecule has 1 saturated heterocycles. The number of benzene rings is 1. The molecule has 1 N–H and O–H groups in total. The second-order valence-electron chi connectivity index (χ2n) is 4.79. The minimum absolute atomic E-state index is 0.191. The van der Waals surface area contributed by atoms with Crippen LogP contribution in [0.1, 0.15) is 37.8 Å². The molecule has 1 aromatic rings. The summed E-state index contributed by atoms with van der Waals surface area (Å²) in [4.78, 5) is 0. The third-order valence-corrected chi connectivity index (χ3v) is 3.36. The Hall–Kier alpha value is -1.00. The highest BCUT2D eigenvalue weighted by Gasteiger charge is 2.18. The molecule has 2 rings (SSSR count). The lowest BCUT2D eigenvalue weighted by Gasteiger charge is -2.22. The van der Waals surface area contributed by atoms with Crippen LogP contribution in [0.5, 0.6) is 0 Å². The van der Waals surface area contributed by atoms with Crippen LogP contribution in [0.3, 0.4) is 0 Å². The molecule has 1 aliphatic rings. The molecule has 1 aliphatic heterocycles. The molecule has 1 fully saturated rings. The summed E-state index contributed by atoms with van der Waals surface area (Å²) < 4.78 is 32.1. The molecular formula is C14H19F2NO. The second-order valence-corrected chi connectivity index (χ2v) is 4.79. The van der Waals surface area contributed by atoms with Crippen molar-refractivity contribution >= 4 is 0 Å². The molecule has 0 saturated carbocycles. The molecule has 1 aromatic carbocycles. The number of hydrogen-bond donors (Lipinski definition) is 1. The summed E-state index contributed by atoms with van der Waals surface area (Å²) in [5.74, 6) is -0.759. The molecular weight excluding hydrogens is 236 g/mol. The van der Waals surface area contributed by atoms with E-state index in [9.17, 15) is 8.78 Å². The van der Waals surface area contributed by atoms with E-state index in [1.807, 2.05) is 6.92 Å². The lowest BCUT2D eigenvalue weighted by Crippen LogP contribution is -2.32. The maximum Gasteiger partial charge on any atom is 0.128 e. The predicted molar refractivity (Wildman–Crippen MR) is 66.4 cm³/mol. The van der Waals surface area contributed by atoms with E-state index >= 15 is 0 Å². The van der Waals surface area contributed by atoms with Gasteiger partial charge < -0.3 is 10.1 Å². The van der Waals surface area contributed by atoms with Crippen LogP contribution < -0.4 is 5.32 Å². The molecule has 100 valence electrons. The standard InChI is InChI=1S/C14H19F2NO/c1-10(13-9-11(15)4-5-14(13)16)17-12-3-2-7-18-8-6-12/h4-5,9-10,12,17H,2-3,6-8H2,1H3. The molecule has 0 spiro atoms. The van der Waals surface area contributed by atoms with E-state index in [1.165, 1.54) is 12.1 Å². The fraction of sp³-hybridized carbons (Fsp3) is 0.571. The van der Waals surface area contributed by atoms with Crippen molar-refractivity contribution in [2.24, 2.45) is 0 Å². The Balaban J connectivity index is 2.01. The second kappa shape index (κ2) is 6.25. The van der Waals surface area contributed by atoms with Crippen molar-refractivity contribution in [3.63, 3.8) is 0 Å². The Bertz CT molecular complexity index is 389. The van der Waals surface area contributed by atoms with Gasteiger partial charge in [0.2, 0.25) is 0 Å². The first kappa shape index (κ1) is 13.4. The highest BCUT2D eigenvalue weighted by molar-refractivity contribution is 5.21. The van der Waals surface area contributed by atoms with Gasteiger partial charge in [-0.3, -0.25) is 0 Å². The molecule has 0 radical (unpaired) electrons. The maximum atomic E-state index is 13.6. The predicted octanol–water partition coefficient (Wildman–Crippen LogP) is 3.18. The van der Waals surface area contributed by atoms with Gasteiger partial charge >= 0.3 is 0 Å². The van der Waals surface area contributed by atoms with Gasteiger partial charge in [-0.05, 0) is 44.4 Å². The van der Waals surface area contributed by atoms with Crippen LogP contribution in [0.2, 0.25) is 0 Å². The summed E-state index contributed by atoms with van der Waals surface area (Å²) >= 11 is 0. The van der Waals surface area contributed by atoms with E-state index in [1.54, 1.807) is 0 Å². The quantitative estimate of drug-likeness (QED) is 0.895. The third kappa shape index (κ3) is 3.50. The largest absolute Gasteiger partial charge is 0.381 e. The summed E-state index contributed by atoms with van der Waals surface area (Å²) in [5.41, 5.74) is 0.389. The molecule has 0 bridgehead atoms. The zero-order valence-corrected chi connectivity index (χ0v) is 10.6. The van der Waals surface area contributed by atoms with Crippen molar-refractivity contribution < 1.29 is 13.5 Å². The molecule has 2 unspecified atom stereocenters. The van der Waals surface area contributed by atoms with Gasteiger partial charge in [-0.1, -0.05) is 0 Å². The van der Waals surface area contributed by atoms with Crippen molar-refractivity contribution in [3.05, 3.63) is 35.4 Å². The van der Waals surface area contributed by atoms with Gasteiger partial charge in [0.05, 0.1) is 0 Å². The van der Waals surface area contributed by atoms with Crippen LogP contribution in [0.4, 0.5) is 8.78 Å². The van der Waals surface area contributed by atoms with Crippen molar-refractivity contribution in [2.75, 3.05) is 13.2 Å². The Morgan fingerprint density at radius 2 is 2.11 bits per heavy atom. The average Bonchev–Trinajstić information content (AvgIpc) is 2.61. The Labute approximate surface area is 106 Å². The summed E-state index contributed by atoms with van der Waals surface area (Å²) in [7, 11) is 0. The van der Waals surface area contributed by atoms with Gasteiger partial charge in [-0.25, -0.2) is 8.78 Å². The van der Waals surface area contributed by atoms with Gasteiger partial charge in [0, 0.05) is 30.9 Å². The third-order valence-electron chi connectivity index (χ3n) is 3.36. The lowest BCUT2D eigenvalue weighted by molar-refractivity contribution is 0.142. The van der Waals surface area contributed by atoms with Crippen molar-refractivity contribution in [2.45, 2.75) is 38.3 Å². The number of ether oxygens (including phenoxy) is 1. The smallest absolute Gasteiger partial charge is 0.128 e. The van der Waals surface area contributed by atoms with E-state index < -0.39 is 5.82 Å². The first-order valence-electron chi connectivity index (χ1n) is 6.45. The fourth-order valence-electron chi connectivity index (χ4n) is 2.36. The summed E-state index contributed by atoms with van der Waals surface area (Å²) in [6, 6.07) is 3.71. The van der Waals surface area contributed by atoms with E-state index in [0.717, 1.165) is 38.5 Å². The van der Waals surface area contributed by atoms with Crippen LogP contribution in [0, 0.1) is 11.6 Å². The number of rotatable bonds is 3. The van der Waals surface area contributed by atoms with Crippen LogP contribution >= 0.6 is 0 Å². The first-order valence-corrected chi connectivity index (χ1v) is 6.45. The average molecular weight is 255 g/mol.